The molecular weight excluding hydrogens is 701 g/mol. The molecule has 14 heteroatoms. The van der Waals surface area contributed by atoms with Gasteiger partial charge in [-0.15, -0.1) is 0 Å². The topological polar surface area (TPSA) is 108 Å². The van der Waals surface area contributed by atoms with Gasteiger partial charge in [0.25, 0.3) is 0 Å². The lowest BCUT2D eigenvalue weighted by Gasteiger charge is -2.31. The number of rotatable bonds is 6. The van der Waals surface area contributed by atoms with Gasteiger partial charge in [0.15, 0.2) is 0 Å². The van der Waals surface area contributed by atoms with Crippen molar-refractivity contribution in [3.63, 3.8) is 0 Å². The first-order valence-corrected chi connectivity index (χ1v) is 16.9. The maximum atomic E-state index is 13.5. The van der Waals surface area contributed by atoms with Crippen molar-refractivity contribution in [2.45, 2.75) is 30.6 Å². The van der Waals surface area contributed by atoms with Crippen molar-refractivity contribution in [1.29, 1.82) is 0 Å². The summed E-state index contributed by atoms with van der Waals surface area (Å²) in [5.74, 6) is -2.11. The number of nitrogens with zero attached hydrogens (tertiary/aromatic N) is 1. The van der Waals surface area contributed by atoms with Crippen molar-refractivity contribution in [2.75, 3.05) is 36.8 Å². The van der Waals surface area contributed by atoms with E-state index in [9.17, 15) is 26.8 Å². The molecule has 0 bridgehead atoms. The molecule has 0 aliphatic carbocycles. The molecule has 0 spiro atoms. The Morgan fingerprint density at radius 2 is 1.39 bits per heavy atom. The molecule has 2 amide bonds. The standard InChI is InChI=1S/C18H17BrClFN2O3S.C12H14ClFN2O/c19-13-3-6-15(7-4-13)27(25,26)23-9-1-2-12(11-23)18(24)22-14-5-8-16(20)17(21)10-14;13-10-4-3-9(6-11(10)14)16-12(17)8-2-1-5-15-7-8/h3-8,10,12H,1-2,9,11H2,(H,22,24);3-4,6,8,15H,1-2,5,7H2,(H,16,17)/t12-;8-/m00/s1. The van der Waals surface area contributed by atoms with Gasteiger partial charge in [-0.1, -0.05) is 39.1 Å². The first-order valence-electron chi connectivity index (χ1n) is 13.9. The van der Waals surface area contributed by atoms with Crippen molar-refractivity contribution in [3.05, 3.63) is 86.8 Å². The maximum Gasteiger partial charge on any atom is 0.243 e. The van der Waals surface area contributed by atoms with E-state index in [2.05, 4.69) is 31.9 Å². The fourth-order valence-electron chi connectivity index (χ4n) is 4.84. The minimum Gasteiger partial charge on any atom is -0.326 e. The summed E-state index contributed by atoms with van der Waals surface area (Å²) in [6.07, 6.45) is 3.00. The molecule has 0 radical (unpaired) electrons. The monoisotopic (exact) mass is 730 g/mol. The fraction of sp³-hybridized carbons (Fsp3) is 0.333. The van der Waals surface area contributed by atoms with Crippen LogP contribution in [-0.2, 0) is 19.6 Å². The number of piperidine rings is 2. The highest BCUT2D eigenvalue weighted by Gasteiger charge is 2.33. The van der Waals surface area contributed by atoms with E-state index in [1.165, 1.54) is 40.7 Å². The second-order valence-corrected chi connectivity index (χ2v) is 14.1. The van der Waals surface area contributed by atoms with Gasteiger partial charge in [0.05, 0.1) is 26.8 Å². The highest BCUT2D eigenvalue weighted by atomic mass is 79.9. The van der Waals surface area contributed by atoms with Crippen LogP contribution in [0.25, 0.3) is 0 Å². The smallest absolute Gasteiger partial charge is 0.243 e. The Hall–Kier alpha value is -2.61. The Balaban J connectivity index is 0.000000223. The number of hydrogen-bond acceptors (Lipinski definition) is 5. The van der Waals surface area contributed by atoms with Gasteiger partial charge in [0.2, 0.25) is 21.8 Å². The number of amides is 2. The number of hydrogen-bond donors (Lipinski definition) is 3. The van der Waals surface area contributed by atoms with E-state index in [1.54, 1.807) is 18.2 Å². The quantitative estimate of drug-likeness (QED) is 0.262. The number of sulfonamides is 1. The largest absolute Gasteiger partial charge is 0.326 e. The molecule has 0 unspecified atom stereocenters. The number of anilines is 2. The zero-order chi connectivity index (χ0) is 31.9. The summed E-state index contributed by atoms with van der Waals surface area (Å²) in [6.45, 7) is 2.08. The number of benzene rings is 3. The van der Waals surface area contributed by atoms with Crippen LogP contribution in [0.1, 0.15) is 25.7 Å². The number of nitrogens with one attached hydrogen (secondary N) is 3. The minimum absolute atomic E-state index is 0.0302. The summed E-state index contributed by atoms with van der Waals surface area (Å²) in [5.41, 5.74) is 0.734. The second-order valence-electron chi connectivity index (χ2n) is 10.4. The van der Waals surface area contributed by atoms with Crippen LogP contribution in [-0.4, -0.2) is 50.7 Å². The minimum atomic E-state index is -3.68. The van der Waals surface area contributed by atoms with E-state index >= 15 is 0 Å². The Morgan fingerprint density at radius 3 is 1.91 bits per heavy atom. The molecule has 2 aliphatic heterocycles. The Kier molecular flexibility index (Phi) is 12.1. The SMILES string of the molecule is O=C(Nc1ccc(Cl)c(F)c1)[C@H]1CCCN(S(=O)(=O)c2ccc(Br)cc2)C1.O=C(Nc1ccc(Cl)c(F)c1)[C@H]1CCCNC1. The van der Waals surface area contributed by atoms with Crippen LogP contribution in [0.4, 0.5) is 20.2 Å². The Bertz CT molecular complexity index is 1590. The van der Waals surface area contributed by atoms with Gasteiger partial charge in [-0.25, -0.2) is 17.2 Å². The molecule has 2 fully saturated rings. The van der Waals surface area contributed by atoms with Gasteiger partial charge in [-0.05, 0) is 92.9 Å². The summed E-state index contributed by atoms with van der Waals surface area (Å²) in [7, 11) is -3.68. The average Bonchev–Trinajstić information content (AvgIpc) is 3.02. The summed E-state index contributed by atoms with van der Waals surface area (Å²) in [6, 6.07) is 14.6. The zero-order valence-corrected chi connectivity index (χ0v) is 27.4. The van der Waals surface area contributed by atoms with E-state index in [4.69, 9.17) is 23.2 Å². The van der Waals surface area contributed by atoms with E-state index in [0.717, 1.165) is 29.9 Å². The molecule has 2 aliphatic rings. The lowest BCUT2D eigenvalue weighted by Crippen LogP contribution is -2.43. The van der Waals surface area contributed by atoms with E-state index in [0.29, 0.717) is 31.6 Å². The van der Waals surface area contributed by atoms with Crippen molar-refractivity contribution in [3.8, 4) is 0 Å². The van der Waals surface area contributed by atoms with Crippen molar-refractivity contribution < 1.29 is 26.8 Å². The summed E-state index contributed by atoms with van der Waals surface area (Å²) in [5, 5.41) is 8.53. The highest BCUT2D eigenvalue weighted by molar-refractivity contribution is 9.10. The molecule has 8 nitrogen and oxygen atoms in total. The van der Waals surface area contributed by atoms with Crippen LogP contribution < -0.4 is 16.0 Å². The number of halogens is 5. The van der Waals surface area contributed by atoms with Crippen molar-refractivity contribution in [1.82, 2.24) is 9.62 Å². The molecule has 5 rings (SSSR count). The fourth-order valence-corrected chi connectivity index (χ4v) is 6.87. The molecular formula is C30H31BrCl2F2N4O4S. The maximum absolute atomic E-state index is 13.5. The van der Waals surface area contributed by atoms with Crippen LogP contribution in [0.15, 0.2) is 70.0 Å². The van der Waals surface area contributed by atoms with Crippen LogP contribution in [0.5, 0.6) is 0 Å². The van der Waals surface area contributed by atoms with Gasteiger partial charge >= 0.3 is 0 Å². The molecule has 3 aromatic carbocycles. The number of carbonyl (C=O) groups excluding carboxylic acids is 2. The Morgan fingerprint density at radius 1 is 0.841 bits per heavy atom. The second kappa shape index (κ2) is 15.6. The van der Waals surface area contributed by atoms with Crippen LogP contribution in [0, 0.1) is 23.5 Å². The van der Waals surface area contributed by atoms with Crippen molar-refractivity contribution in [2.24, 2.45) is 11.8 Å². The van der Waals surface area contributed by atoms with Crippen LogP contribution >= 0.6 is 39.1 Å². The van der Waals surface area contributed by atoms with Gasteiger partial charge in [-0.3, -0.25) is 9.59 Å². The van der Waals surface area contributed by atoms with Crippen LogP contribution in [0.2, 0.25) is 10.0 Å². The molecule has 0 aromatic heterocycles. The van der Waals surface area contributed by atoms with Gasteiger partial charge in [0, 0.05) is 35.5 Å². The third kappa shape index (κ3) is 9.21. The molecule has 0 saturated carbocycles. The average molecular weight is 732 g/mol. The van der Waals surface area contributed by atoms with E-state index < -0.39 is 27.6 Å². The van der Waals surface area contributed by atoms with Crippen molar-refractivity contribution >= 4 is 72.3 Å². The van der Waals surface area contributed by atoms with Gasteiger partial charge in [0.1, 0.15) is 11.6 Å². The predicted molar refractivity (Wildman–Crippen MR) is 171 cm³/mol. The third-order valence-corrected chi connectivity index (χ3v) is 10.3. The van der Waals surface area contributed by atoms with Crippen LogP contribution in [0.3, 0.4) is 0 Å². The summed E-state index contributed by atoms with van der Waals surface area (Å²) < 4.78 is 54.5. The molecule has 3 aromatic rings. The molecule has 2 heterocycles. The summed E-state index contributed by atoms with van der Waals surface area (Å²) >= 11 is 14.5. The first kappa shape index (κ1) is 34.3. The summed E-state index contributed by atoms with van der Waals surface area (Å²) in [4.78, 5) is 24.6. The van der Waals surface area contributed by atoms with Gasteiger partial charge in [-0.2, -0.15) is 4.31 Å². The van der Waals surface area contributed by atoms with E-state index in [1.807, 2.05) is 0 Å². The van der Waals surface area contributed by atoms with E-state index in [-0.39, 0.29) is 44.9 Å². The third-order valence-electron chi connectivity index (χ3n) is 7.25. The molecule has 3 N–H and O–H groups in total. The lowest BCUT2D eigenvalue weighted by atomic mass is 9.99. The number of carbonyl (C=O) groups is 2. The Labute approximate surface area is 273 Å². The predicted octanol–water partition coefficient (Wildman–Crippen LogP) is 6.70. The highest BCUT2D eigenvalue weighted by Crippen LogP contribution is 2.27. The molecule has 236 valence electrons. The lowest BCUT2D eigenvalue weighted by molar-refractivity contribution is -0.121. The molecule has 2 atom stereocenters. The normalized spacial score (nSPS) is 18.9. The molecule has 44 heavy (non-hydrogen) atoms. The van der Waals surface area contributed by atoms with Gasteiger partial charge < -0.3 is 16.0 Å². The zero-order valence-electron chi connectivity index (χ0n) is 23.5. The first-order chi connectivity index (χ1) is 20.9. The molecule has 2 saturated heterocycles.